The molecule has 1 aliphatic rings. The van der Waals surface area contributed by atoms with Crippen LogP contribution in [0.5, 0.6) is 0 Å². The van der Waals surface area contributed by atoms with Crippen LogP contribution in [0.1, 0.15) is 38.8 Å². The lowest BCUT2D eigenvalue weighted by atomic mass is 10.1. The number of hydrogen-bond donors (Lipinski definition) is 1. The molecule has 0 spiro atoms. The molecule has 176 valence electrons. The van der Waals surface area contributed by atoms with E-state index in [9.17, 15) is 4.79 Å². The van der Waals surface area contributed by atoms with Gasteiger partial charge in [0.05, 0.1) is 32.6 Å². The highest BCUT2D eigenvalue weighted by Gasteiger charge is 2.18. The van der Waals surface area contributed by atoms with Gasteiger partial charge in [-0.15, -0.1) is 0 Å². The predicted molar refractivity (Wildman–Crippen MR) is 124 cm³/mol. The first-order valence-corrected chi connectivity index (χ1v) is 11.4. The van der Waals surface area contributed by atoms with Crippen molar-refractivity contribution in [1.29, 1.82) is 0 Å². The van der Waals surface area contributed by atoms with Crippen molar-refractivity contribution in [2.75, 3.05) is 39.4 Å². The number of amides is 1. The molecule has 8 heteroatoms. The average molecular weight is 453 g/mol. The van der Waals surface area contributed by atoms with Crippen LogP contribution in [0.3, 0.4) is 0 Å². The minimum absolute atomic E-state index is 0.274. The Bertz CT molecular complexity index is 1020. The molecule has 3 aromatic rings. The number of ether oxygens (including phenoxy) is 1. The van der Waals surface area contributed by atoms with E-state index >= 15 is 0 Å². The number of rotatable bonds is 10. The van der Waals surface area contributed by atoms with Gasteiger partial charge in [0.2, 0.25) is 5.89 Å². The van der Waals surface area contributed by atoms with Crippen molar-refractivity contribution in [1.82, 2.24) is 20.1 Å². The Hall–Kier alpha value is -2.94. The van der Waals surface area contributed by atoms with Gasteiger partial charge in [-0.2, -0.15) is 0 Å². The number of aryl methyl sites for hydroxylation is 2. The number of aromatic nitrogens is 1. The van der Waals surface area contributed by atoms with Crippen LogP contribution in [0, 0.1) is 13.8 Å². The van der Waals surface area contributed by atoms with Gasteiger partial charge < -0.3 is 18.9 Å². The molecule has 0 aliphatic carbocycles. The van der Waals surface area contributed by atoms with Crippen LogP contribution >= 0.6 is 0 Å². The number of carbonyl (C=O) groups is 1. The number of furan rings is 1. The normalized spacial score (nSPS) is 14.6. The van der Waals surface area contributed by atoms with Gasteiger partial charge in [-0.25, -0.2) is 4.98 Å². The van der Waals surface area contributed by atoms with E-state index in [1.54, 1.807) is 12.3 Å². The van der Waals surface area contributed by atoms with E-state index in [2.05, 4.69) is 52.1 Å². The fraction of sp³-hybridized carbons (Fsp3) is 0.440. The van der Waals surface area contributed by atoms with Crippen LogP contribution in [0.2, 0.25) is 0 Å². The zero-order valence-corrected chi connectivity index (χ0v) is 19.4. The Morgan fingerprint density at radius 3 is 2.76 bits per heavy atom. The third kappa shape index (κ3) is 6.77. The molecule has 33 heavy (non-hydrogen) atoms. The molecule has 1 amide bonds. The first-order chi connectivity index (χ1) is 16.1. The summed E-state index contributed by atoms with van der Waals surface area (Å²) in [5.74, 6) is 0.940. The number of carbonyl (C=O) groups excluding carboxylic acids is 1. The molecular formula is C25H32N4O4. The molecule has 1 N–H and O–H groups in total. The molecule has 0 unspecified atom stereocenters. The minimum Gasteiger partial charge on any atom is -0.467 e. The number of nitrogens with one attached hydrogen (secondary N) is 1. The fourth-order valence-electron chi connectivity index (χ4n) is 3.94. The fourth-order valence-corrected chi connectivity index (χ4v) is 3.94. The highest BCUT2D eigenvalue weighted by molar-refractivity contribution is 5.91. The summed E-state index contributed by atoms with van der Waals surface area (Å²) in [7, 11) is 0. The lowest BCUT2D eigenvalue weighted by molar-refractivity contribution is 0.0320. The Kier molecular flexibility index (Phi) is 7.93. The molecule has 2 aromatic heterocycles. The van der Waals surface area contributed by atoms with Crippen LogP contribution in [0.15, 0.2) is 51.7 Å². The molecule has 0 radical (unpaired) electrons. The van der Waals surface area contributed by atoms with Crippen LogP contribution < -0.4 is 5.32 Å². The van der Waals surface area contributed by atoms with E-state index in [1.807, 2.05) is 6.07 Å². The summed E-state index contributed by atoms with van der Waals surface area (Å²) in [6.07, 6.45) is 3.00. The van der Waals surface area contributed by atoms with E-state index in [4.69, 9.17) is 13.6 Å². The van der Waals surface area contributed by atoms with E-state index in [1.165, 1.54) is 23.0 Å². The zero-order valence-electron chi connectivity index (χ0n) is 19.4. The molecule has 0 saturated carbocycles. The lowest BCUT2D eigenvalue weighted by Crippen LogP contribution is -2.41. The van der Waals surface area contributed by atoms with Gasteiger partial charge in [-0.3, -0.25) is 14.6 Å². The SMILES string of the molecule is Cc1ccc(CN(CCN2CCOCC2)Cc2nc(C(=O)NCc3ccco3)co2)c(C)c1. The largest absolute Gasteiger partial charge is 0.467 e. The smallest absolute Gasteiger partial charge is 0.273 e. The van der Waals surface area contributed by atoms with Gasteiger partial charge in [0.15, 0.2) is 5.69 Å². The van der Waals surface area contributed by atoms with Crippen LogP contribution in [-0.4, -0.2) is 60.1 Å². The third-order valence-corrected chi connectivity index (χ3v) is 5.87. The standard InChI is InChI=1S/C25H32N4O4/c1-19-5-6-21(20(2)14-19)16-29(8-7-28-9-12-31-13-10-28)17-24-27-23(18-33-24)25(30)26-15-22-4-3-11-32-22/h3-6,11,14,18H,7-10,12-13,15-17H2,1-2H3,(H,26,30). The van der Waals surface area contributed by atoms with Crippen molar-refractivity contribution >= 4 is 5.91 Å². The molecule has 0 bridgehead atoms. The topological polar surface area (TPSA) is 84.0 Å². The van der Waals surface area contributed by atoms with E-state index < -0.39 is 0 Å². The maximum atomic E-state index is 12.4. The summed E-state index contributed by atoms with van der Waals surface area (Å²) in [6.45, 7) is 11.2. The summed E-state index contributed by atoms with van der Waals surface area (Å²) in [5.41, 5.74) is 4.09. The van der Waals surface area contributed by atoms with Crippen LogP contribution in [-0.2, 0) is 24.4 Å². The third-order valence-electron chi connectivity index (χ3n) is 5.87. The molecule has 0 atom stereocenters. The monoisotopic (exact) mass is 452 g/mol. The van der Waals surface area contributed by atoms with E-state index in [-0.39, 0.29) is 11.6 Å². The number of morpholine rings is 1. The Labute approximate surface area is 194 Å². The molecule has 1 aliphatic heterocycles. The van der Waals surface area contributed by atoms with Crippen molar-refractivity contribution in [2.24, 2.45) is 0 Å². The highest BCUT2D eigenvalue weighted by atomic mass is 16.5. The number of nitrogens with zero attached hydrogens (tertiary/aromatic N) is 3. The van der Waals surface area contributed by atoms with Gasteiger partial charge in [-0.1, -0.05) is 23.8 Å². The van der Waals surface area contributed by atoms with Gasteiger partial charge in [-0.05, 0) is 37.1 Å². The second-order valence-electron chi connectivity index (χ2n) is 8.48. The van der Waals surface area contributed by atoms with Gasteiger partial charge in [0.1, 0.15) is 12.0 Å². The van der Waals surface area contributed by atoms with E-state index in [0.29, 0.717) is 24.7 Å². The van der Waals surface area contributed by atoms with Gasteiger partial charge >= 0.3 is 0 Å². The summed E-state index contributed by atoms with van der Waals surface area (Å²) in [4.78, 5) is 21.6. The van der Waals surface area contributed by atoms with Crippen molar-refractivity contribution < 1.29 is 18.4 Å². The van der Waals surface area contributed by atoms with Crippen LogP contribution in [0.4, 0.5) is 0 Å². The van der Waals surface area contributed by atoms with Gasteiger partial charge in [0, 0.05) is 32.7 Å². The number of benzene rings is 1. The van der Waals surface area contributed by atoms with E-state index in [0.717, 1.165) is 45.9 Å². The van der Waals surface area contributed by atoms with Crippen molar-refractivity contribution in [3.8, 4) is 0 Å². The molecule has 1 aromatic carbocycles. The summed E-state index contributed by atoms with van der Waals surface area (Å²) < 4.78 is 16.4. The average Bonchev–Trinajstić information content (AvgIpc) is 3.51. The Morgan fingerprint density at radius 2 is 2.00 bits per heavy atom. The molecule has 1 fully saturated rings. The molecule has 4 rings (SSSR count). The molecule has 8 nitrogen and oxygen atoms in total. The van der Waals surface area contributed by atoms with Crippen molar-refractivity contribution in [3.63, 3.8) is 0 Å². The first kappa shape index (κ1) is 23.2. The second-order valence-corrected chi connectivity index (χ2v) is 8.48. The Morgan fingerprint density at radius 1 is 1.15 bits per heavy atom. The molecule has 3 heterocycles. The van der Waals surface area contributed by atoms with Crippen molar-refractivity contribution in [2.45, 2.75) is 33.5 Å². The summed E-state index contributed by atoms with van der Waals surface area (Å²) >= 11 is 0. The molecule has 1 saturated heterocycles. The number of oxazole rings is 1. The lowest BCUT2D eigenvalue weighted by Gasteiger charge is -2.30. The number of hydrogen-bond acceptors (Lipinski definition) is 7. The van der Waals surface area contributed by atoms with Gasteiger partial charge in [0.25, 0.3) is 5.91 Å². The summed E-state index contributed by atoms with van der Waals surface area (Å²) in [5, 5.41) is 2.80. The summed E-state index contributed by atoms with van der Waals surface area (Å²) in [6, 6.07) is 10.2. The molecular weight excluding hydrogens is 420 g/mol. The zero-order chi connectivity index (χ0) is 23.0. The quantitative estimate of drug-likeness (QED) is 0.506. The van der Waals surface area contributed by atoms with Crippen molar-refractivity contribution in [3.05, 3.63) is 76.9 Å². The predicted octanol–water partition coefficient (Wildman–Crippen LogP) is 3.15. The second kappa shape index (κ2) is 11.3. The minimum atomic E-state index is -0.282. The maximum Gasteiger partial charge on any atom is 0.273 e. The van der Waals surface area contributed by atoms with Crippen LogP contribution in [0.25, 0.3) is 0 Å². The first-order valence-electron chi connectivity index (χ1n) is 11.4. The Balaban J connectivity index is 1.39. The highest BCUT2D eigenvalue weighted by Crippen LogP contribution is 2.16. The maximum absolute atomic E-state index is 12.4.